The Hall–Kier alpha value is -3.23. The number of aliphatic imine (C=N–C) groups is 1. The molecular weight excluding hydrogens is 444 g/mol. The summed E-state index contributed by atoms with van der Waals surface area (Å²) in [5, 5.41) is 11.5. The number of carbonyl (C=O) groups is 1. The second kappa shape index (κ2) is 8.72. The first-order valence-electron chi connectivity index (χ1n) is 10.0. The number of anilines is 2. The maximum atomic E-state index is 13.3. The third-order valence-electron chi connectivity index (χ3n) is 5.46. The van der Waals surface area contributed by atoms with E-state index in [1.165, 1.54) is 0 Å². The molecule has 1 aliphatic heterocycles. The van der Waals surface area contributed by atoms with E-state index in [1.807, 2.05) is 63.4 Å². The Morgan fingerprint density at radius 2 is 1.84 bits per heavy atom. The predicted octanol–water partition coefficient (Wildman–Crippen LogP) is 3.82. The molecule has 0 radical (unpaired) electrons. The number of amides is 1. The van der Waals surface area contributed by atoms with Gasteiger partial charge in [0, 0.05) is 30.2 Å². The minimum atomic E-state index is -0.918. The van der Waals surface area contributed by atoms with Crippen LogP contribution in [0.4, 0.5) is 11.4 Å². The number of aromatic nitrogens is 2. The minimum absolute atomic E-state index is 0.233. The number of nitrogens with zero attached hydrogens (tertiary/aromatic N) is 4. The number of hydrogen-bond donors (Lipinski definition) is 2. The van der Waals surface area contributed by atoms with Crippen LogP contribution in [0.1, 0.15) is 22.5 Å². The maximum Gasteiger partial charge on any atom is 0.272 e. The van der Waals surface area contributed by atoms with E-state index >= 15 is 0 Å². The summed E-state index contributed by atoms with van der Waals surface area (Å²) < 4.78 is 1.77. The van der Waals surface area contributed by atoms with Crippen LogP contribution < -0.4 is 15.5 Å². The van der Waals surface area contributed by atoms with Crippen molar-refractivity contribution in [2.24, 2.45) is 12.0 Å². The Morgan fingerprint density at radius 3 is 2.50 bits per heavy atom. The minimum Gasteiger partial charge on any atom is -0.333 e. The molecule has 1 aliphatic rings. The molecule has 0 spiro atoms. The Balaban J connectivity index is 1.72. The van der Waals surface area contributed by atoms with Gasteiger partial charge in [0.25, 0.3) is 5.91 Å². The topological polar surface area (TPSA) is 74.6 Å². The molecule has 1 amide bonds. The van der Waals surface area contributed by atoms with Crippen LogP contribution in [0.5, 0.6) is 0 Å². The lowest BCUT2D eigenvalue weighted by Crippen LogP contribution is -2.47. The van der Waals surface area contributed by atoms with Crippen molar-refractivity contribution in [2.45, 2.75) is 20.0 Å². The number of carbonyl (C=O) groups excluding carboxylic acids is 1. The smallest absolute Gasteiger partial charge is 0.272 e. The lowest BCUT2D eigenvalue weighted by Gasteiger charge is -2.22. The summed E-state index contributed by atoms with van der Waals surface area (Å²) in [6.07, 6.45) is -0.918. The van der Waals surface area contributed by atoms with Crippen molar-refractivity contribution in [1.82, 2.24) is 15.1 Å². The van der Waals surface area contributed by atoms with Crippen molar-refractivity contribution in [3.05, 3.63) is 76.1 Å². The van der Waals surface area contributed by atoms with Gasteiger partial charge in [-0.25, -0.2) is 4.99 Å². The largest absolute Gasteiger partial charge is 0.333 e. The standard InChI is InChI=1S/C23H23ClN6OS/c1-13-19(14(2)30(4)28-13)26-23(32)27-21-22(31)29(3)18-11-10-16(24)12-17(18)20(25-21)15-8-6-5-7-9-15/h5-12,21H,1-4H3,(H2,26,27,32). The molecule has 0 bridgehead atoms. The zero-order valence-corrected chi connectivity index (χ0v) is 19.8. The van der Waals surface area contributed by atoms with Gasteiger partial charge in [0.2, 0.25) is 6.17 Å². The van der Waals surface area contributed by atoms with E-state index in [1.54, 1.807) is 22.7 Å². The molecular formula is C23H23ClN6OS. The summed E-state index contributed by atoms with van der Waals surface area (Å²) >= 11 is 11.8. The first kappa shape index (κ1) is 22.0. The Morgan fingerprint density at radius 1 is 1.12 bits per heavy atom. The summed E-state index contributed by atoms with van der Waals surface area (Å²) in [5.41, 5.74) is 5.60. The fourth-order valence-corrected chi connectivity index (χ4v) is 4.08. The van der Waals surface area contributed by atoms with Crippen LogP contribution in [-0.4, -0.2) is 39.7 Å². The lowest BCUT2D eigenvalue weighted by molar-refractivity contribution is -0.119. The number of fused-ring (bicyclic) bond motifs is 1. The second-order valence-corrected chi connectivity index (χ2v) is 8.42. The molecule has 0 aliphatic carbocycles. The number of nitrogens with one attached hydrogen (secondary N) is 2. The van der Waals surface area contributed by atoms with Gasteiger partial charge in [0.15, 0.2) is 5.11 Å². The highest BCUT2D eigenvalue weighted by Crippen LogP contribution is 2.30. The molecule has 0 saturated heterocycles. The molecule has 1 unspecified atom stereocenters. The van der Waals surface area contributed by atoms with Crippen molar-refractivity contribution in [1.29, 1.82) is 0 Å². The maximum absolute atomic E-state index is 13.3. The summed E-state index contributed by atoms with van der Waals surface area (Å²) in [6, 6.07) is 15.1. The van der Waals surface area contributed by atoms with Crippen LogP contribution in [0.15, 0.2) is 53.5 Å². The van der Waals surface area contributed by atoms with Crippen LogP contribution in [-0.2, 0) is 11.8 Å². The van der Waals surface area contributed by atoms with Gasteiger partial charge in [0.1, 0.15) is 0 Å². The van der Waals surface area contributed by atoms with Crippen LogP contribution >= 0.6 is 23.8 Å². The number of benzene rings is 2. The van der Waals surface area contributed by atoms with E-state index < -0.39 is 6.17 Å². The number of hydrogen-bond acceptors (Lipinski definition) is 4. The number of benzodiazepines with no additional fused rings is 1. The van der Waals surface area contributed by atoms with E-state index in [9.17, 15) is 4.79 Å². The molecule has 7 nitrogen and oxygen atoms in total. The van der Waals surface area contributed by atoms with Gasteiger partial charge in [-0.2, -0.15) is 5.10 Å². The number of aryl methyl sites for hydroxylation is 2. The van der Waals surface area contributed by atoms with Gasteiger partial charge in [-0.1, -0.05) is 41.9 Å². The number of halogens is 1. The lowest BCUT2D eigenvalue weighted by atomic mass is 10.0. The molecule has 2 N–H and O–H groups in total. The van der Waals surface area contributed by atoms with Gasteiger partial charge < -0.3 is 15.5 Å². The Kier molecular flexibility index (Phi) is 5.99. The fraction of sp³-hybridized carbons (Fsp3) is 0.217. The molecule has 164 valence electrons. The average molecular weight is 467 g/mol. The summed E-state index contributed by atoms with van der Waals surface area (Å²) in [7, 11) is 3.59. The summed E-state index contributed by atoms with van der Waals surface area (Å²) in [5.74, 6) is -0.233. The molecule has 2 heterocycles. The number of thiocarbonyl (C=S) groups is 1. The molecule has 32 heavy (non-hydrogen) atoms. The molecule has 3 aromatic rings. The molecule has 1 atom stereocenters. The van der Waals surface area contributed by atoms with Gasteiger partial charge in [0.05, 0.1) is 28.5 Å². The van der Waals surface area contributed by atoms with E-state index in [-0.39, 0.29) is 11.0 Å². The number of rotatable bonds is 3. The molecule has 1 aromatic heterocycles. The van der Waals surface area contributed by atoms with E-state index in [0.717, 1.165) is 33.9 Å². The van der Waals surface area contributed by atoms with Crippen LogP contribution in [0.2, 0.25) is 5.02 Å². The second-order valence-electron chi connectivity index (χ2n) is 7.57. The summed E-state index contributed by atoms with van der Waals surface area (Å²) in [4.78, 5) is 19.7. The Bertz CT molecular complexity index is 1240. The van der Waals surface area contributed by atoms with E-state index in [4.69, 9.17) is 28.8 Å². The monoisotopic (exact) mass is 466 g/mol. The highest BCUT2D eigenvalue weighted by atomic mass is 35.5. The fourth-order valence-electron chi connectivity index (χ4n) is 3.69. The highest BCUT2D eigenvalue weighted by Gasteiger charge is 2.31. The molecule has 0 saturated carbocycles. The van der Waals surface area contributed by atoms with Crippen molar-refractivity contribution < 1.29 is 4.79 Å². The normalized spacial score (nSPS) is 15.7. The SMILES string of the molecule is Cc1nn(C)c(C)c1NC(=S)NC1N=C(c2ccccc2)c2cc(Cl)ccc2N(C)C1=O. The zero-order valence-electron chi connectivity index (χ0n) is 18.2. The van der Waals surface area contributed by atoms with Crippen LogP contribution in [0.3, 0.4) is 0 Å². The van der Waals surface area contributed by atoms with Gasteiger partial charge in [-0.15, -0.1) is 0 Å². The van der Waals surface area contributed by atoms with Crippen LogP contribution in [0.25, 0.3) is 0 Å². The first-order valence-corrected chi connectivity index (χ1v) is 10.8. The summed E-state index contributed by atoms with van der Waals surface area (Å²) in [6.45, 7) is 3.84. The van der Waals surface area contributed by atoms with Gasteiger partial charge in [-0.3, -0.25) is 9.48 Å². The molecule has 2 aromatic carbocycles. The first-order chi connectivity index (χ1) is 15.3. The van der Waals surface area contributed by atoms with Crippen molar-refractivity contribution >= 4 is 51.9 Å². The highest BCUT2D eigenvalue weighted by molar-refractivity contribution is 7.80. The van der Waals surface area contributed by atoms with Gasteiger partial charge in [-0.05, 0) is 44.3 Å². The van der Waals surface area contributed by atoms with Crippen molar-refractivity contribution in [3.63, 3.8) is 0 Å². The molecule has 4 rings (SSSR count). The third kappa shape index (κ3) is 4.11. The average Bonchev–Trinajstić information content (AvgIpc) is 2.96. The van der Waals surface area contributed by atoms with E-state index in [2.05, 4.69) is 15.7 Å². The predicted molar refractivity (Wildman–Crippen MR) is 133 cm³/mol. The van der Waals surface area contributed by atoms with Crippen molar-refractivity contribution in [3.8, 4) is 0 Å². The molecule has 9 heteroatoms. The van der Waals surface area contributed by atoms with Gasteiger partial charge >= 0.3 is 0 Å². The van der Waals surface area contributed by atoms with Crippen molar-refractivity contribution in [2.75, 3.05) is 17.3 Å². The zero-order chi connectivity index (χ0) is 23.0. The van der Waals surface area contributed by atoms with Crippen LogP contribution in [0, 0.1) is 13.8 Å². The Labute approximate surface area is 197 Å². The third-order valence-corrected chi connectivity index (χ3v) is 5.92. The number of likely N-dealkylation sites (N-methyl/N-ethyl adjacent to an activating group) is 1. The molecule has 0 fully saturated rings. The van der Waals surface area contributed by atoms with E-state index in [0.29, 0.717) is 10.7 Å². The quantitative estimate of drug-likeness (QED) is 0.574.